The highest BCUT2D eigenvalue weighted by atomic mass is 16.5. The monoisotopic (exact) mass is 380 g/mol. The summed E-state index contributed by atoms with van der Waals surface area (Å²) in [4.78, 5) is 4.39. The predicted octanol–water partition coefficient (Wildman–Crippen LogP) is 5.01. The second-order valence-electron chi connectivity index (χ2n) is 6.86. The molecule has 0 saturated carbocycles. The van der Waals surface area contributed by atoms with Crippen molar-refractivity contribution >= 4 is 11.6 Å². The van der Waals surface area contributed by atoms with Gasteiger partial charge in [-0.15, -0.1) is 0 Å². The Bertz CT molecular complexity index is 1160. The minimum atomic E-state index is -0.103. The molecule has 29 heavy (non-hydrogen) atoms. The lowest BCUT2D eigenvalue weighted by Crippen LogP contribution is -2.20. The van der Waals surface area contributed by atoms with Crippen LogP contribution in [-0.2, 0) is 0 Å². The van der Waals surface area contributed by atoms with Gasteiger partial charge in [0.15, 0.2) is 0 Å². The Hall–Kier alpha value is -3.86. The molecule has 0 spiro atoms. The molecule has 1 aliphatic heterocycles. The zero-order valence-electron chi connectivity index (χ0n) is 16.0. The number of nitrogens with zero attached hydrogens (tertiary/aromatic N) is 3. The number of hydrogen-bond acceptors (Lipinski definition) is 4. The molecule has 1 aromatic heterocycles. The minimum Gasteiger partial charge on any atom is -0.496 e. The average Bonchev–Trinajstić information content (AvgIpc) is 3.28. The summed E-state index contributed by atoms with van der Waals surface area (Å²) >= 11 is 0. The number of ether oxygens (including phenoxy) is 1. The Morgan fingerprint density at radius 2 is 1.52 bits per heavy atom. The number of benzene rings is 3. The summed E-state index contributed by atoms with van der Waals surface area (Å²) in [6.07, 6.45) is 3.73. The fraction of sp³-hybridized carbons (Fsp3) is 0.0833. The van der Waals surface area contributed by atoms with Gasteiger partial charge in [0.1, 0.15) is 18.1 Å². The van der Waals surface area contributed by atoms with Gasteiger partial charge in [0.25, 0.3) is 0 Å². The fourth-order valence-electron chi connectivity index (χ4n) is 3.71. The molecular weight excluding hydrogens is 360 g/mol. The number of allylic oxidation sites excluding steroid dienone is 1. The SMILES string of the molecule is COc1ccccc1[C@@H]1C=C(c2ccc(-c3ccccc3)cc2)Nc2ncnn21. The number of para-hydroxylation sites is 1. The van der Waals surface area contributed by atoms with Crippen LogP contribution in [0.3, 0.4) is 0 Å². The molecule has 0 saturated heterocycles. The lowest BCUT2D eigenvalue weighted by molar-refractivity contribution is 0.404. The van der Waals surface area contributed by atoms with Crippen LogP contribution in [0, 0.1) is 0 Å². The molecule has 5 rings (SSSR count). The molecule has 0 fully saturated rings. The van der Waals surface area contributed by atoms with Crippen molar-refractivity contribution in [1.82, 2.24) is 14.8 Å². The molecule has 4 aromatic rings. The van der Waals surface area contributed by atoms with Crippen LogP contribution >= 0.6 is 0 Å². The third-order valence-corrected chi connectivity index (χ3v) is 5.17. The summed E-state index contributed by atoms with van der Waals surface area (Å²) in [6.45, 7) is 0. The summed E-state index contributed by atoms with van der Waals surface area (Å²) in [5.74, 6) is 1.54. The van der Waals surface area contributed by atoms with Crippen molar-refractivity contribution in [3.05, 3.63) is 102 Å². The van der Waals surface area contributed by atoms with Gasteiger partial charge in [-0.25, -0.2) is 4.68 Å². The first-order chi connectivity index (χ1) is 14.3. The van der Waals surface area contributed by atoms with Crippen molar-refractivity contribution < 1.29 is 4.74 Å². The summed E-state index contributed by atoms with van der Waals surface area (Å²) in [5, 5.41) is 7.81. The van der Waals surface area contributed by atoms with Crippen LogP contribution in [0.5, 0.6) is 5.75 Å². The number of rotatable bonds is 4. The molecule has 0 aliphatic carbocycles. The van der Waals surface area contributed by atoms with E-state index in [1.54, 1.807) is 13.4 Å². The van der Waals surface area contributed by atoms with E-state index in [0.29, 0.717) is 5.95 Å². The quantitative estimate of drug-likeness (QED) is 0.541. The zero-order chi connectivity index (χ0) is 19.6. The van der Waals surface area contributed by atoms with Gasteiger partial charge in [0, 0.05) is 11.3 Å². The standard InChI is InChI=1S/C24H20N4O/c1-29-23-10-6-5-9-20(23)22-15-21(27-24-25-16-26-28(22)24)19-13-11-18(12-14-19)17-7-3-2-4-8-17/h2-16,22H,1H3,(H,25,26,27)/t22-/m0/s1. The second kappa shape index (κ2) is 7.28. The Kier molecular flexibility index (Phi) is 4.33. The van der Waals surface area contributed by atoms with Gasteiger partial charge in [-0.1, -0.05) is 72.8 Å². The van der Waals surface area contributed by atoms with Crippen molar-refractivity contribution in [2.45, 2.75) is 6.04 Å². The molecule has 5 heteroatoms. The fourth-order valence-corrected chi connectivity index (χ4v) is 3.71. The van der Waals surface area contributed by atoms with Crippen LogP contribution in [0.2, 0.25) is 0 Å². The van der Waals surface area contributed by atoms with E-state index >= 15 is 0 Å². The number of fused-ring (bicyclic) bond motifs is 1. The minimum absolute atomic E-state index is 0.103. The summed E-state index contributed by atoms with van der Waals surface area (Å²) in [6, 6.07) is 26.8. The number of methoxy groups -OCH3 is 1. The molecule has 1 aliphatic rings. The highest BCUT2D eigenvalue weighted by molar-refractivity contribution is 5.78. The van der Waals surface area contributed by atoms with Crippen molar-refractivity contribution in [1.29, 1.82) is 0 Å². The highest BCUT2D eigenvalue weighted by Gasteiger charge is 2.25. The van der Waals surface area contributed by atoms with E-state index in [-0.39, 0.29) is 6.04 Å². The summed E-state index contributed by atoms with van der Waals surface area (Å²) < 4.78 is 7.46. The largest absolute Gasteiger partial charge is 0.496 e. The van der Waals surface area contributed by atoms with Crippen LogP contribution < -0.4 is 10.1 Å². The Labute approximate surface area is 169 Å². The van der Waals surface area contributed by atoms with Gasteiger partial charge < -0.3 is 10.1 Å². The van der Waals surface area contributed by atoms with Gasteiger partial charge >= 0.3 is 0 Å². The van der Waals surface area contributed by atoms with Gasteiger partial charge in [-0.3, -0.25) is 0 Å². The van der Waals surface area contributed by atoms with Crippen molar-refractivity contribution in [3.8, 4) is 16.9 Å². The number of aromatic nitrogens is 3. The molecule has 0 bridgehead atoms. The summed E-state index contributed by atoms with van der Waals surface area (Å²) in [7, 11) is 1.69. The van der Waals surface area contributed by atoms with Gasteiger partial charge in [-0.2, -0.15) is 10.1 Å². The average molecular weight is 380 g/mol. The van der Waals surface area contributed by atoms with Crippen LogP contribution in [0.1, 0.15) is 17.2 Å². The van der Waals surface area contributed by atoms with E-state index in [9.17, 15) is 0 Å². The number of hydrogen-bond donors (Lipinski definition) is 1. The van der Waals surface area contributed by atoms with Crippen molar-refractivity contribution in [2.75, 3.05) is 12.4 Å². The number of anilines is 1. The van der Waals surface area contributed by atoms with Crippen LogP contribution in [0.25, 0.3) is 16.8 Å². The first-order valence-electron chi connectivity index (χ1n) is 9.50. The van der Waals surface area contributed by atoms with Crippen molar-refractivity contribution in [2.24, 2.45) is 0 Å². The van der Waals surface area contributed by atoms with Gasteiger partial charge in [0.05, 0.1) is 7.11 Å². The molecule has 142 valence electrons. The van der Waals surface area contributed by atoms with Gasteiger partial charge in [0.2, 0.25) is 5.95 Å². The lowest BCUT2D eigenvalue weighted by atomic mass is 9.99. The van der Waals surface area contributed by atoms with Crippen molar-refractivity contribution in [3.63, 3.8) is 0 Å². The summed E-state index contributed by atoms with van der Waals surface area (Å²) in [5.41, 5.74) is 5.54. The van der Waals surface area contributed by atoms with E-state index < -0.39 is 0 Å². The smallest absolute Gasteiger partial charge is 0.226 e. The zero-order valence-corrected chi connectivity index (χ0v) is 16.0. The molecule has 0 radical (unpaired) electrons. The van der Waals surface area contributed by atoms with E-state index in [1.165, 1.54) is 11.1 Å². The Morgan fingerprint density at radius 1 is 0.828 bits per heavy atom. The topological polar surface area (TPSA) is 52.0 Å². The molecule has 0 unspecified atom stereocenters. The molecule has 0 amide bonds. The van der Waals surface area contributed by atoms with Crippen LogP contribution in [0.15, 0.2) is 91.3 Å². The van der Waals surface area contributed by atoms with Crippen LogP contribution in [-0.4, -0.2) is 21.9 Å². The third kappa shape index (κ3) is 3.17. The third-order valence-electron chi connectivity index (χ3n) is 5.17. The molecular formula is C24H20N4O. The van der Waals surface area contributed by atoms with E-state index in [1.807, 2.05) is 28.9 Å². The maximum Gasteiger partial charge on any atom is 0.226 e. The normalized spacial score (nSPS) is 15.2. The lowest BCUT2D eigenvalue weighted by Gasteiger charge is -2.25. The molecule has 5 nitrogen and oxygen atoms in total. The molecule has 3 aromatic carbocycles. The Morgan fingerprint density at radius 3 is 2.31 bits per heavy atom. The van der Waals surface area contributed by atoms with Crippen LogP contribution in [0.4, 0.5) is 5.95 Å². The maximum absolute atomic E-state index is 5.58. The maximum atomic E-state index is 5.58. The molecule has 1 N–H and O–H groups in total. The highest BCUT2D eigenvalue weighted by Crippen LogP contribution is 2.36. The van der Waals surface area contributed by atoms with E-state index in [2.05, 4.69) is 76.1 Å². The first-order valence-corrected chi connectivity index (χ1v) is 9.50. The molecule has 1 atom stereocenters. The first kappa shape index (κ1) is 17.3. The molecule has 2 heterocycles. The second-order valence-corrected chi connectivity index (χ2v) is 6.86. The Balaban J connectivity index is 1.54. The van der Waals surface area contributed by atoms with Gasteiger partial charge in [-0.05, 0) is 28.8 Å². The predicted molar refractivity (Wildman–Crippen MR) is 115 cm³/mol. The van der Waals surface area contributed by atoms with E-state index in [0.717, 1.165) is 22.6 Å². The number of nitrogens with one attached hydrogen (secondary N) is 1. The van der Waals surface area contributed by atoms with E-state index in [4.69, 9.17) is 4.74 Å².